The lowest BCUT2D eigenvalue weighted by Gasteiger charge is -2.03. The quantitative estimate of drug-likeness (QED) is 0.344. The standard InChI is InChI=1S/C9H8N2O4/c1-5(2-3-12)8(14)10-6-4-7(13)11-9(6)15/h3-4H,1-2H2,(H2,10,11,13,14,15). The van der Waals surface area contributed by atoms with Crippen LogP contribution in [-0.4, -0.2) is 24.0 Å². The highest BCUT2D eigenvalue weighted by Gasteiger charge is 2.22. The minimum atomic E-state index is -0.674. The van der Waals surface area contributed by atoms with Crippen LogP contribution in [0.3, 0.4) is 0 Å². The van der Waals surface area contributed by atoms with E-state index in [-0.39, 0.29) is 17.7 Å². The molecule has 0 saturated heterocycles. The number of aldehydes is 1. The van der Waals surface area contributed by atoms with Gasteiger partial charge in [-0.05, 0) is 0 Å². The minimum absolute atomic E-state index is 0.0260. The Kier molecular flexibility index (Phi) is 3.12. The second-order valence-electron chi connectivity index (χ2n) is 2.80. The molecular weight excluding hydrogens is 200 g/mol. The van der Waals surface area contributed by atoms with Crippen molar-refractivity contribution >= 4 is 24.0 Å². The van der Waals surface area contributed by atoms with E-state index < -0.39 is 17.7 Å². The van der Waals surface area contributed by atoms with Crippen molar-refractivity contribution < 1.29 is 19.2 Å². The van der Waals surface area contributed by atoms with Crippen LogP contribution < -0.4 is 10.6 Å². The number of carbonyl (C=O) groups excluding carboxylic acids is 4. The van der Waals surface area contributed by atoms with Gasteiger partial charge < -0.3 is 10.1 Å². The van der Waals surface area contributed by atoms with E-state index in [1.54, 1.807) is 0 Å². The molecule has 2 N–H and O–H groups in total. The maximum Gasteiger partial charge on any atom is 0.274 e. The van der Waals surface area contributed by atoms with Crippen LogP contribution in [0.1, 0.15) is 6.42 Å². The average molecular weight is 208 g/mol. The van der Waals surface area contributed by atoms with E-state index in [1.807, 2.05) is 5.32 Å². The SMILES string of the molecule is C=C(CC=O)C(=O)NC1=CC(=O)NC1=O. The van der Waals surface area contributed by atoms with Crippen molar-refractivity contribution in [2.24, 2.45) is 0 Å². The Balaban J connectivity index is 2.63. The molecule has 3 amide bonds. The van der Waals surface area contributed by atoms with Crippen molar-refractivity contribution in [1.82, 2.24) is 10.6 Å². The molecule has 0 fully saturated rings. The van der Waals surface area contributed by atoms with E-state index in [0.717, 1.165) is 6.08 Å². The molecule has 0 aromatic carbocycles. The van der Waals surface area contributed by atoms with Crippen LogP contribution in [-0.2, 0) is 19.2 Å². The molecule has 15 heavy (non-hydrogen) atoms. The van der Waals surface area contributed by atoms with E-state index in [2.05, 4.69) is 11.9 Å². The molecule has 0 unspecified atom stereocenters. The largest absolute Gasteiger partial charge is 0.317 e. The number of nitrogens with one attached hydrogen (secondary N) is 2. The van der Waals surface area contributed by atoms with E-state index in [9.17, 15) is 19.2 Å². The van der Waals surface area contributed by atoms with Crippen LogP contribution in [0.15, 0.2) is 23.9 Å². The maximum absolute atomic E-state index is 11.2. The first-order valence-corrected chi connectivity index (χ1v) is 4.04. The van der Waals surface area contributed by atoms with Gasteiger partial charge in [-0.2, -0.15) is 0 Å². The molecule has 0 atom stereocenters. The Morgan fingerprint density at radius 3 is 2.67 bits per heavy atom. The van der Waals surface area contributed by atoms with Gasteiger partial charge in [0.1, 0.15) is 12.0 Å². The monoisotopic (exact) mass is 208 g/mol. The van der Waals surface area contributed by atoms with Gasteiger partial charge in [0.25, 0.3) is 17.7 Å². The fourth-order valence-corrected chi connectivity index (χ4v) is 0.909. The predicted octanol–water partition coefficient (Wildman–Crippen LogP) is -1.21. The van der Waals surface area contributed by atoms with Crippen LogP contribution in [0, 0.1) is 0 Å². The Morgan fingerprint density at radius 2 is 2.20 bits per heavy atom. The van der Waals surface area contributed by atoms with Crippen molar-refractivity contribution in [2.75, 3.05) is 0 Å². The van der Waals surface area contributed by atoms with E-state index in [1.165, 1.54) is 0 Å². The summed E-state index contributed by atoms with van der Waals surface area (Å²) < 4.78 is 0. The number of carbonyl (C=O) groups is 4. The van der Waals surface area contributed by atoms with E-state index >= 15 is 0 Å². The Labute approximate surface area is 85.0 Å². The van der Waals surface area contributed by atoms with Crippen LogP contribution in [0.5, 0.6) is 0 Å². The molecule has 0 spiro atoms. The third-order valence-corrected chi connectivity index (χ3v) is 1.66. The third kappa shape index (κ3) is 2.60. The lowest BCUT2D eigenvalue weighted by Crippen LogP contribution is -2.31. The Morgan fingerprint density at radius 1 is 1.53 bits per heavy atom. The summed E-state index contributed by atoms with van der Waals surface area (Å²) in [5.41, 5.74) is -0.116. The van der Waals surface area contributed by atoms with Crippen molar-refractivity contribution in [3.05, 3.63) is 23.9 Å². The zero-order chi connectivity index (χ0) is 11.4. The van der Waals surface area contributed by atoms with Gasteiger partial charge in [0.15, 0.2) is 0 Å². The highest BCUT2D eigenvalue weighted by Crippen LogP contribution is 2.01. The molecule has 0 aromatic rings. The zero-order valence-corrected chi connectivity index (χ0v) is 7.70. The topological polar surface area (TPSA) is 92.3 Å². The van der Waals surface area contributed by atoms with Gasteiger partial charge >= 0.3 is 0 Å². The first-order chi connectivity index (χ1) is 7.04. The highest BCUT2D eigenvalue weighted by molar-refractivity contribution is 6.18. The Bertz CT molecular complexity index is 395. The fraction of sp³-hybridized carbons (Fsp3) is 0.111. The second-order valence-corrected chi connectivity index (χ2v) is 2.80. The molecule has 0 saturated carbocycles. The molecule has 0 bridgehead atoms. The second kappa shape index (κ2) is 4.32. The fourth-order valence-electron chi connectivity index (χ4n) is 0.909. The number of rotatable bonds is 4. The van der Waals surface area contributed by atoms with Crippen LogP contribution in [0.2, 0.25) is 0 Å². The summed E-state index contributed by atoms with van der Waals surface area (Å²) in [4.78, 5) is 43.0. The number of hydrogen-bond acceptors (Lipinski definition) is 4. The first-order valence-electron chi connectivity index (χ1n) is 4.04. The van der Waals surface area contributed by atoms with Crippen LogP contribution in [0.25, 0.3) is 0 Å². The van der Waals surface area contributed by atoms with Crippen molar-refractivity contribution in [3.8, 4) is 0 Å². The van der Waals surface area contributed by atoms with Crippen molar-refractivity contribution in [3.63, 3.8) is 0 Å². The molecular formula is C9H8N2O4. The summed E-state index contributed by atoms with van der Waals surface area (Å²) in [6.45, 7) is 3.34. The molecule has 1 aliphatic heterocycles. The minimum Gasteiger partial charge on any atom is -0.317 e. The molecule has 0 aromatic heterocycles. The van der Waals surface area contributed by atoms with Gasteiger partial charge in [-0.1, -0.05) is 6.58 Å². The molecule has 78 valence electrons. The van der Waals surface area contributed by atoms with Gasteiger partial charge in [0.2, 0.25) is 0 Å². The van der Waals surface area contributed by atoms with Gasteiger partial charge in [0, 0.05) is 18.1 Å². The molecule has 6 nitrogen and oxygen atoms in total. The van der Waals surface area contributed by atoms with Gasteiger partial charge in [-0.15, -0.1) is 0 Å². The van der Waals surface area contributed by atoms with Crippen molar-refractivity contribution in [1.29, 1.82) is 0 Å². The molecule has 6 heteroatoms. The molecule has 1 rings (SSSR count). The lowest BCUT2D eigenvalue weighted by molar-refractivity contribution is -0.125. The summed E-state index contributed by atoms with van der Waals surface area (Å²) in [7, 11) is 0. The highest BCUT2D eigenvalue weighted by atomic mass is 16.2. The van der Waals surface area contributed by atoms with Crippen molar-refractivity contribution in [2.45, 2.75) is 6.42 Å². The van der Waals surface area contributed by atoms with Gasteiger partial charge in [-0.25, -0.2) is 0 Å². The van der Waals surface area contributed by atoms with Gasteiger partial charge in [0.05, 0.1) is 0 Å². The summed E-state index contributed by atoms with van der Waals surface area (Å²) in [6.07, 6.45) is 1.37. The van der Waals surface area contributed by atoms with E-state index in [4.69, 9.17) is 0 Å². The summed E-state index contributed by atoms with van der Waals surface area (Å²) >= 11 is 0. The summed E-state index contributed by atoms with van der Waals surface area (Å²) in [5, 5.41) is 4.13. The Hall–Kier alpha value is -2.24. The maximum atomic E-state index is 11.2. The van der Waals surface area contributed by atoms with Crippen LogP contribution in [0.4, 0.5) is 0 Å². The average Bonchev–Trinajstić information content (AvgIpc) is 2.45. The zero-order valence-electron chi connectivity index (χ0n) is 7.70. The summed E-state index contributed by atoms with van der Waals surface area (Å²) in [6, 6.07) is 0. The van der Waals surface area contributed by atoms with Crippen LogP contribution >= 0.6 is 0 Å². The third-order valence-electron chi connectivity index (χ3n) is 1.66. The normalized spacial score (nSPS) is 14.3. The number of hydrogen-bond donors (Lipinski definition) is 2. The smallest absolute Gasteiger partial charge is 0.274 e. The summed E-state index contributed by atoms with van der Waals surface area (Å²) in [5.74, 6) is -1.92. The molecule has 1 aliphatic rings. The molecule has 0 radical (unpaired) electrons. The number of amides is 3. The number of imide groups is 1. The van der Waals surface area contributed by atoms with Gasteiger partial charge in [-0.3, -0.25) is 19.7 Å². The lowest BCUT2D eigenvalue weighted by atomic mass is 10.2. The molecule has 1 heterocycles. The first kappa shape index (κ1) is 10.8. The van der Waals surface area contributed by atoms with E-state index in [0.29, 0.717) is 6.29 Å². The molecule has 0 aliphatic carbocycles. The predicted molar refractivity (Wildman–Crippen MR) is 49.2 cm³/mol.